The van der Waals surface area contributed by atoms with Crippen molar-refractivity contribution >= 4 is 17.8 Å². The molecule has 0 spiro atoms. The number of rotatable bonds is 14. The summed E-state index contributed by atoms with van der Waals surface area (Å²) in [6.45, 7) is 25.2. The van der Waals surface area contributed by atoms with E-state index in [4.69, 9.17) is 10.5 Å². The largest absolute Gasteiger partial charge is 0.376 e. The van der Waals surface area contributed by atoms with Crippen LogP contribution in [0.15, 0.2) is 24.3 Å². The number of likely N-dealkylation sites (tertiary alicyclic amines) is 1. The molecule has 7 unspecified atom stereocenters. The summed E-state index contributed by atoms with van der Waals surface area (Å²) in [6.07, 6.45) is 7.94. The molecule has 1 saturated heterocycles. The number of amides is 4. The van der Waals surface area contributed by atoms with Gasteiger partial charge in [0.15, 0.2) is 0 Å². The third-order valence-corrected chi connectivity index (χ3v) is 10.6. The van der Waals surface area contributed by atoms with E-state index in [2.05, 4.69) is 76.2 Å². The van der Waals surface area contributed by atoms with Crippen molar-refractivity contribution in [2.75, 3.05) is 13.2 Å². The molecule has 0 aromatic rings. The predicted octanol–water partition coefficient (Wildman–Crippen LogP) is 4.62. The van der Waals surface area contributed by atoms with Gasteiger partial charge in [-0.15, -0.1) is 0 Å². The molecule has 4 amide bonds. The van der Waals surface area contributed by atoms with E-state index in [9.17, 15) is 19.5 Å². The van der Waals surface area contributed by atoms with Gasteiger partial charge in [0, 0.05) is 23.6 Å². The number of nitrogens with zero attached hydrogens (tertiary/aromatic N) is 1. The van der Waals surface area contributed by atoms with Gasteiger partial charge in [0.05, 0.1) is 24.3 Å². The lowest BCUT2D eigenvalue weighted by molar-refractivity contribution is -0.141. The summed E-state index contributed by atoms with van der Waals surface area (Å²) in [5.74, 6) is -0.541. The first-order valence-corrected chi connectivity index (χ1v) is 17.3. The van der Waals surface area contributed by atoms with E-state index in [1.54, 1.807) is 4.90 Å². The van der Waals surface area contributed by atoms with Gasteiger partial charge < -0.3 is 31.1 Å². The lowest BCUT2D eigenvalue weighted by atomic mass is 9.74. The first-order valence-electron chi connectivity index (χ1n) is 17.3. The summed E-state index contributed by atoms with van der Waals surface area (Å²) in [4.78, 5) is 42.3. The predicted molar refractivity (Wildman–Crippen MR) is 183 cm³/mol. The van der Waals surface area contributed by atoms with E-state index in [1.165, 1.54) is 0 Å². The van der Waals surface area contributed by atoms with Crippen LogP contribution >= 0.6 is 0 Å². The SMILES string of the molecule is C=C(C(N)=O)C(CCCC)NC(O)C1C2C(CN1C(=O)[C@@H](NC(=O)NC(COC(C)(C)C)C(C)(C)C)C1(C)C=CCCC1)C2(C)C. The molecule has 262 valence electrons. The minimum Gasteiger partial charge on any atom is -0.376 e. The number of carbonyl (C=O) groups is 3. The van der Waals surface area contributed by atoms with Gasteiger partial charge in [-0.1, -0.05) is 80.0 Å². The van der Waals surface area contributed by atoms with Crippen LogP contribution in [0.1, 0.15) is 108 Å². The number of carbonyl (C=O) groups excluding carboxylic acids is 3. The highest BCUT2D eigenvalue weighted by Crippen LogP contribution is 2.65. The maximum atomic E-state index is 14.7. The normalized spacial score (nSPS) is 28.1. The number of ether oxygens (including phenoxy) is 1. The monoisotopic (exact) mass is 645 g/mol. The fraction of sp³-hybridized carbons (Fsp3) is 0.806. The van der Waals surface area contributed by atoms with E-state index in [-0.39, 0.29) is 45.8 Å². The molecule has 10 heteroatoms. The molecule has 0 bridgehead atoms. The van der Waals surface area contributed by atoms with E-state index in [0.29, 0.717) is 19.6 Å². The molecule has 3 aliphatic rings. The first kappa shape index (κ1) is 38.0. The van der Waals surface area contributed by atoms with Gasteiger partial charge in [0.2, 0.25) is 11.8 Å². The molecule has 0 aromatic heterocycles. The average molecular weight is 646 g/mol. The molecule has 10 nitrogen and oxygen atoms in total. The van der Waals surface area contributed by atoms with Crippen molar-refractivity contribution in [1.29, 1.82) is 0 Å². The maximum absolute atomic E-state index is 14.7. The second-order valence-electron chi connectivity index (χ2n) is 16.8. The number of aliphatic hydroxyl groups is 1. The zero-order chi connectivity index (χ0) is 34.8. The van der Waals surface area contributed by atoms with Crippen LogP contribution in [0, 0.1) is 28.1 Å². The zero-order valence-corrected chi connectivity index (χ0v) is 30.2. The van der Waals surface area contributed by atoms with Crippen molar-refractivity contribution in [2.24, 2.45) is 33.8 Å². The van der Waals surface area contributed by atoms with E-state index in [1.807, 2.05) is 27.7 Å². The van der Waals surface area contributed by atoms with Crippen LogP contribution in [-0.4, -0.2) is 77.0 Å². The Morgan fingerprint density at radius 2 is 1.78 bits per heavy atom. The van der Waals surface area contributed by atoms with Gasteiger partial charge in [0.1, 0.15) is 12.3 Å². The van der Waals surface area contributed by atoms with Crippen LogP contribution in [0.5, 0.6) is 0 Å². The second kappa shape index (κ2) is 14.4. The van der Waals surface area contributed by atoms with E-state index in [0.717, 1.165) is 32.1 Å². The van der Waals surface area contributed by atoms with Gasteiger partial charge in [0.25, 0.3) is 0 Å². The van der Waals surface area contributed by atoms with Gasteiger partial charge >= 0.3 is 6.03 Å². The Hall–Kier alpha value is -2.43. The molecule has 1 heterocycles. The van der Waals surface area contributed by atoms with Gasteiger partial charge in [-0.2, -0.15) is 0 Å². The fourth-order valence-corrected chi connectivity index (χ4v) is 7.31. The van der Waals surface area contributed by atoms with E-state index >= 15 is 0 Å². The van der Waals surface area contributed by atoms with Crippen LogP contribution in [0.3, 0.4) is 0 Å². The number of fused-ring (bicyclic) bond motifs is 1. The Kier molecular flexibility index (Phi) is 11.9. The third kappa shape index (κ3) is 8.92. The molecule has 46 heavy (non-hydrogen) atoms. The third-order valence-electron chi connectivity index (χ3n) is 10.6. The maximum Gasteiger partial charge on any atom is 0.315 e. The summed E-state index contributed by atoms with van der Waals surface area (Å²) in [6, 6.07) is -2.61. The molecule has 1 saturated carbocycles. The van der Waals surface area contributed by atoms with Crippen LogP contribution in [-0.2, 0) is 14.3 Å². The van der Waals surface area contributed by atoms with Gasteiger partial charge in [-0.25, -0.2) is 4.79 Å². The second-order valence-corrected chi connectivity index (χ2v) is 16.8. The Morgan fingerprint density at radius 1 is 1.13 bits per heavy atom. The van der Waals surface area contributed by atoms with Crippen molar-refractivity contribution in [1.82, 2.24) is 20.9 Å². The molecule has 6 N–H and O–H groups in total. The van der Waals surface area contributed by atoms with Crippen LogP contribution in [0.4, 0.5) is 4.79 Å². The Labute approximate surface area is 277 Å². The number of unbranched alkanes of at least 4 members (excludes halogenated alkanes) is 1. The van der Waals surface area contributed by atoms with E-state index < -0.39 is 41.7 Å². The lowest BCUT2D eigenvalue weighted by Gasteiger charge is -2.43. The molecular weight excluding hydrogens is 582 g/mol. The highest BCUT2D eigenvalue weighted by Gasteiger charge is 2.69. The topological polar surface area (TPSA) is 146 Å². The van der Waals surface area contributed by atoms with Gasteiger partial charge in [-0.3, -0.25) is 14.9 Å². The summed E-state index contributed by atoms with van der Waals surface area (Å²) in [5, 5.41) is 21.2. The first-order chi connectivity index (χ1) is 21.1. The summed E-state index contributed by atoms with van der Waals surface area (Å²) in [7, 11) is 0. The smallest absolute Gasteiger partial charge is 0.315 e. The fourth-order valence-electron chi connectivity index (χ4n) is 7.31. The standard InChI is InChI=1S/C36H63N5O5/c1-12-13-17-24(22(2)29(37)42)38-30(43)27-26-23(35(26,9)10)20-41(27)31(44)28(36(11)18-15-14-16-19-36)40-32(45)39-25(33(3,4)5)21-46-34(6,7)8/h15,18,23-28,30,38,43H,2,12-14,16-17,19-21H2,1,3-11H3,(H2,37,42)(H2,39,40,45)/t23?,24?,25?,26?,27?,28-,30?,36?/m1/s1. The van der Waals surface area contributed by atoms with Crippen molar-refractivity contribution in [3.05, 3.63) is 24.3 Å². The number of allylic oxidation sites excluding steroid dienone is 1. The van der Waals surface area contributed by atoms with Gasteiger partial charge in [-0.05, 0) is 69.1 Å². The molecular formula is C36H63N5O5. The number of nitrogens with two attached hydrogens (primary N) is 1. The number of aliphatic hydroxyl groups excluding tert-OH is 1. The number of primary amides is 1. The van der Waals surface area contributed by atoms with Crippen LogP contribution < -0.4 is 21.7 Å². The molecule has 1 aliphatic heterocycles. The van der Waals surface area contributed by atoms with Crippen molar-refractivity contribution in [2.45, 2.75) is 144 Å². The zero-order valence-electron chi connectivity index (χ0n) is 30.2. The summed E-state index contributed by atoms with van der Waals surface area (Å²) in [5.41, 5.74) is 4.49. The molecule has 2 aliphatic carbocycles. The average Bonchev–Trinajstić information content (AvgIpc) is 3.26. The quantitative estimate of drug-likeness (QED) is 0.106. The number of hydrogen-bond donors (Lipinski definition) is 5. The van der Waals surface area contributed by atoms with Crippen molar-refractivity contribution in [3.8, 4) is 0 Å². The minimum absolute atomic E-state index is 0.0500. The molecule has 2 fully saturated rings. The highest BCUT2D eigenvalue weighted by molar-refractivity contribution is 5.92. The number of hydrogen-bond acceptors (Lipinski definition) is 6. The Bertz CT molecular complexity index is 1150. The highest BCUT2D eigenvalue weighted by atomic mass is 16.5. The molecule has 8 atom stereocenters. The molecule has 3 rings (SSSR count). The summed E-state index contributed by atoms with van der Waals surface area (Å²) >= 11 is 0. The van der Waals surface area contributed by atoms with Crippen molar-refractivity contribution in [3.63, 3.8) is 0 Å². The summed E-state index contributed by atoms with van der Waals surface area (Å²) < 4.78 is 6.05. The Morgan fingerprint density at radius 3 is 2.30 bits per heavy atom. The Balaban J connectivity index is 1.90. The molecule has 0 radical (unpaired) electrons. The number of urea groups is 1. The lowest BCUT2D eigenvalue weighted by Crippen LogP contribution is -2.63. The minimum atomic E-state index is -1.11. The molecule has 0 aromatic carbocycles. The van der Waals surface area contributed by atoms with Crippen LogP contribution in [0.2, 0.25) is 0 Å². The number of nitrogens with one attached hydrogen (secondary N) is 3. The van der Waals surface area contributed by atoms with Crippen LogP contribution in [0.25, 0.3) is 0 Å². The number of piperidine rings is 1. The van der Waals surface area contributed by atoms with Crippen molar-refractivity contribution < 1.29 is 24.2 Å².